The minimum atomic E-state index is -0.0453. The van der Waals surface area contributed by atoms with Crippen LogP contribution in [-0.2, 0) is 0 Å². The van der Waals surface area contributed by atoms with Gasteiger partial charge in [-0.3, -0.25) is 4.79 Å². The van der Waals surface area contributed by atoms with Gasteiger partial charge in [0.25, 0.3) is 0 Å². The average molecular weight is 275 g/mol. The van der Waals surface area contributed by atoms with E-state index >= 15 is 0 Å². The molecule has 0 amide bonds. The van der Waals surface area contributed by atoms with E-state index in [9.17, 15) is 4.79 Å². The molecule has 2 aliphatic rings. The fourth-order valence-electron chi connectivity index (χ4n) is 3.91. The van der Waals surface area contributed by atoms with Crippen LogP contribution in [0.15, 0.2) is 18.2 Å². The molecule has 0 heterocycles. The van der Waals surface area contributed by atoms with E-state index < -0.39 is 0 Å². The lowest BCUT2D eigenvalue weighted by atomic mass is 9.80. The number of rotatable bonds is 4. The van der Waals surface area contributed by atoms with Crippen molar-refractivity contribution in [3.63, 3.8) is 0 Å². The van der Waals surface area contributed by atoms with Crippen LogP contribution in [0, 0.1) is 17.8 Å². The molecule has 1 aromatic rings. The average Bonchev–Trinajstić information content (AvgIpc) is 3.06. The molecule has 2 N–H and O–H groups in total. The van der Waals surface area contributed by atoms with Crippen molar-refractivity contribution in [2.24, 2.45) is 23.5 Å². The molecular formula is C16H21NO3. The Balaban J connectivity index is 1.91. The summed E-state index contributed by atoms with van der Waals surface area (Å²) in [5.74, 6) is 2.33. The summed E-state index contributed by atoms with van der Waals surface area (Å²) in [6.07, 6.45) is 3.42. The topological polar surface area (TPSA) is 61.5 Å². The molecule has 0 spiro atoms. The molecule has 0 aromatic heterocycles. The molecule has 1 aromatic carbocycles. The largest absolute Gasteiger partial charge is 0.497 e. The van der Waals surface area contributed by atoms with E-state index in [2.05, 4.69) is 0 Å². The van der Waals surface area contributed by atoms with Gasteiger partial charge in [-0.1, -0.05) is 0 Å². The second-order valence-electron chi connectivity index (χ2n) is 5.87. The Hall–Kier alpha value is -1.55. The Morgan fingerprint density at radius 2 is 1.95 bits per heavy atom. The zero-order chi connectivity index (χ0) is 14.3. The second-order valence-corrected chi connectivity index (χ2v) is 5.87. The van der Waals surface area contributed by atoms with Crippen LogP contribution in [0.4, 0.5) is 0 Å². The van der Waals surface area contributed by atoms with Crippen molar-refractivity contribution in [1.82, 2.24) is 0 Å². The van der Waals surface area contributed by atoms with E-state index in [-0.39, 0.29) is 17.7 Å². The number of carbonyl (C=O) groups is 1. The van der Waals surface area contributed by atoms with Crippen LogP contribution in [0.3, 0.4) is 0 Å². The Morgan fingerprint density at radius 3 is 2.55 bits per heavy atom. The van der Waals surface area contributed by atoms with E-state index in [1.165, 1.54) is 6.42 Å². The standard InChI is InChI=1S/C16H21NO3/c1-19-11-5-6-12(13(8-11)20-2)16(18)14-9-3-4-10(7-9)15(14)17/h5-6,8-10,14-15H,3-4,7,17H2,1-2H3. The number of methoxy groups -OCH3 is 2. The lowest BCUT2D eigenvalue weighted by Gasteiger charge is -2.27. The molecule has 0 aliphatic heterocycles. The Labute approximate surface area is 119 Å². The third-order valence-corrected chi connectivity index (χ3v) is 4.96. The molecule has 0 saturated heterocycles. The summed E-state index contributed by atoms with van der Waals surface area (Å²) < 4.78 is 10.5. The number of Topliss-reactive ketones (excluding diaryl/α,β-unsaturated/α-hetero) is 1. The van der Waals surface area contributed by atoms with Crippen molar-refractivity contribution in [3.05, 3.63) is 23.8 Å². The first-order valence-corrected chi connectivity index (χ1v) is 7.17. The Morgan fingerprint density at radius 1 is 1.20 bits per heavy atom. The molecule has 4 unspecified atom stereocenters. The van der Waals surface area contributed by atoms with Gasteiger partial charge in [0.2, 0.25) is 0 Å². The summed E-state index contributed by atoms with van der Waals surface area (Å²) in [5, 5.41) is 0. The number of ether oxygens (including phenoxy) is 2. The minimum Gasteiger partial charge on any atom is -0.497 e. The van der Waals surface area contributed by atoms with Crippen LogP contribution < -0.4 is 15.2 Å². The highest BCUT2D eigenvalue weighted by atomic mass is 16.5. The van der Waals surface area contributed by atoms with E-state index in [0.717, 1.165) is 12.8 Å². The van der Waals surface area contributed by atoms with E-state index in [1.807, 2.05) is 0 Å². The fourth-order valence-corrected chi connectivity index (χ4v) is 3.91. The molecule has 4 atom stereocenters. The molecule has 0 radical (unpaired) electrons. The third kappa shape index (κ3) is 1.99. The van der Waals surface area contributed by atoms with Crippen LogP contribution in [0.1, 0.15) is 29.6 Å². The van der Waals surface area contributed by atoms with Crippen molar-refractivity contribution < 1.29 is 14.3 Å². The monoisotopic (exact) mass is 275 g/mol. The summed E-state index contributed by atoms with van der Waals surface area (Å²) in [6, 6.07) is 5.35. The Bertz CT molecular complexity index is 526. The summed E-state index contributed by atoms with van der Waals surface area (Å²) >= 11 is 0. The van der Waals surface area contributed by atoms with Gasteiger partial charge in [0.05, 0.1) is 19.8 Å². The smallest absolute Gasteiger partial charge is 0.171 e. The molecule has 2 bridgehead atoms. The maximum absolute atomic E-state index is 12.8. The molecule has 2 aliphatic carbocycles. The van der Waals surface area contributed by atoms with Gasteiger partial charge in [-0.25, -0.2) is 0 Å². The van der Waals surface area contributed by atoms with Crippen molar-refractivity contribution in [3.8, 4) is 11.5 Å². The van der Waals surface area contributed by atoms with Crippen molar-refractivity contribution in [1.29, 1.82) is 0 Å². The predicted octanol–water partition coefficient (Wildman–Crippen LogP) is 2.26. The number of nitrogens with two attached hydrogens (primary N) is 1. The van der Waals surface area contributed by atoms with Gasteiger partial charge >= 0.3 is 0 Å². The predicted molar refractivity (Wildman–Crippen MR) is 76.2 cm³/mol. The van der Waals surface area contributed by atoms with Gasteiger partial charge in [-0.15, -0.1) is 0 Å². The molecular weight excluding hydrogens is 254 g/mol. The van der Waals surface area contributed by atoms with Crippen LogP contribution >= 0.6 is 0 Å². The lowest BCUT2D eigenvalue weighted by molar-refractivity contribution is 0.0853. The van der Waals surface area contributed by atoms with Crippen molar-refractivity contribution in [2.45, 2.75) is 25.3 Å². The number of hydrogen-bond donors (Lipinski definition) is 1. The maximum atomic E-state index is 12.8. The molecule has 2 saturated carbocycles. The highest BCUT2D eigenvalue weighted by Crippen LogP contribution is 2.49. The van der Waals surface area contributed by atoms with Gasteiger partial charge in [-0.05, 0) is 43.2 Å². The number of benzene rings is 1. The summed E-state index contributed by atoms with van der Waals surface area (Å²) in [5.41, 5.74) is 6.89. The zero-order valence-electron chi connectivity index (χ0n) is 12.0. The fraction of sp³-hybridized carbons (Fsp3) is 0.562. The molecule has 4 heteroatoms. The lowest BCUT2D eigenvalue weighted by Crippen LogP contribution is -2.40. The van der Waals surface area contributed by atoms with Crippen LogP contribution in [0.5, 0.6) is 11.5 Å². The van der Waals surface area contributed by atoms with Crippen molar-refractivity contribution in [2.75, 3.05) is 14.2 Å². The van der Waals surface area contributed by atoms with E-state index in [1.54, 1.807) is 32.4 Å². The highest BCUT2D eigenvalue weighted by Gasteiger charge is 2.49. The number of fused-ring (bicyclic) bond motifs is 2. The number of hydrogen-bond acceptors (Lipinski definition) is 4. The molecule has 4 nitrogen and oxygen atoms in total. The van der Waals surface area contributed by atoms with Gasteiger partial charge < -0.3 is 15.2 Å². The highest BCUT2D eigenvalue weighted by molar-refractivity contribution is 6.01. The van der Waals surface area contributed by atoms with Gasteiger partial charge in [0.15, 0.2) is 5.78 Å². The summed E-state index contributed by atoms with van der Waals surface area (Å²) in [4.78, 5) is 12.8. The number of carbonyl (C=O) groups excluding carboxylic acids is 1. The van der Waals surface area contributed by atoms with E-state index in [0.29, 0.717) is 28.9 Å². The first-order valence-electron chi connectivity index (χ1n) is 7.17. The van der Waals surface area contributed by atoms with Crippen LogP contribution in [0.25, 0.3) is 0 Å². The quantitative estimate of drug-likeness (QED) is 0.856. The summed E-state index contributed by atoms with van der Waals surface area (Å²) in [6.45, 7) is 0. The van der Waals surface area contributed by atoms with Gasteiger partial charge in [-0.2, -0.15) is 0 Å². The van der Waals surface area contributed by atoms with Crippen LogP contribution in [0.2, 0.25) is 0 Å². The van der Waals surface area contributed by atoms with Gasteiger partial charge in [0, 0.05) is 18.0 Å². The van der Waals surface area contributed by atoms with E-state index in [4.69, 9.17) is 15.2 Å². The molecule has 2 fully saturated rings. The second kappa shape index (κ2) is 5.09. The molecule has 108 valence electrons. The first-order chi connectivity index (χ1) is 9.65. The minimum absolute atomic E-state index is 0.00746. The molecule has 20 heavy (non-hydrogen) atoms. The zero-order valence-corrected chi connectivity index (χ0v) is 12.0. The van der Waals surface area contributed by atoms with Crippen LogP contribution in [-0.4, -0.2) is 26.0 Å². The van der Waals surface area contributed by atoms with Crippen molar-refractivity contribution >= 4 is 5.78 Å². The first kappa shape index (κ1) is 13.4. The normalized spacial score (nSPS) is 31.4. The number of ketones is 1. The third-order valence-electron chi connectivity index (χ3n) is 4.96. The van der Waals surface area contributed by atoms with Gasteiger partial charge in [0.1, 0.15) is 11.5 Å². The summed E-state index contributed by atoms with van der Waals surface area (Å²) in [7, 11) is 3.17. The molecule has 3 rings (SSSR count). The maximum Gasteiger partial charge on any atom is 0.171 e. The SMILES string of the molecule is COc1ccc(C(=O)C2C3CCC(C3)C2N)c(OC)c1. The Kier molecular flexibility index (Phi) is 3.42.